The second-order valence-corrected chi connectivity index (χ2v) is 7.61. The number of amides is 1. The summed E-state index contributed by atoms with van der Waals surface area (Å²) in [5.74, 6) is 1.31. The Hall–Kier alpha value is -2.18. The van der Waals surface area contributed by atoms with Gasteiger partial charge < -0.3 is 20.2 Å². The first kappa shape index (κ1) is 18.6. The van der Waals surface area contributed by atoms with Crippen molar-refractivity contribution in [2.24, 2.45) is 0 Å². The van der Waals surface area contributed by atoms with Crippen LogP contribution in [0.4, 0.5) is 5.69 Å². The fourth-order valence-electron chi connectivity index (χ4n) is 3.09. The van der Waals surface area contributed by atoms with Crippen LogP contribution in [0.25, 0.3) is 0 Å². The lowest BCUT2D eigenvalue weighted by molar-refractivity contribution is -0.892. The van der Waals surface area contributed by atoms with E-state index in [-0.39, 0.29) is 5.91 Å². The number of carbonyl (C=O) groups excluding carboxylic acids is 1. The van der Waals surface area contributed by atoms with E-state index in [0.29, 0.717) is 18.8 Å². The molecule has 0 aromatic heterocycles. The van der Waals surface area contributed by atoms with Crippen molar-refractivity contribution in [2.75, 3.05) is 49.9 Å². The quantitative estimate of drug-likeness (QED) is 0.502. The Balaban J connectivity index is 1.32. The smallest absolute Gasteiger partial charge is 0.275 e. The van der Waals surface area contributed by atoms with Gasteiger partial charge in [-0.15, -0.1) is 11.8 Å². The van der Waals surface area contributed by atoms with Crippen molar-refractivity contribution in [1.29, 1.82) is 0 Å². The van der Waals surface area contributed by atoms with E-state index in [1.165, 1.54) is 9.80 Å². The molecule has 1 fully saturated rings. The fraction of sp³-hybridized carbons (Fsp3) is 0.350. The lowest BCUT2D eigenvalue weighted by Gasteiger charge is -2.33. The van der Waals surface area contributed by atoms with E-state index >= 15 is 0 Å². The number of hydrogen-bond acceptors (Lipinski definition) is 4. The number of nitrogens with one attached hydrogen (secondary N) is 2. The predicted molar refractivity (Wildman–Crippen MR) is 106 cm³/mol. The first-order valence-electron chi connectivity index (χ1n) is 9.03. The molecule has 0 unspecified atom stereocenters. The number of hydrogen-bond donors (Lipinski definition) is 3. The van der Waals surface area contributed by atoms with Crippen molar-refractivity contribution in [3.63, 3.8) is 0 Å². The molecule has 1 saturated heterocycles. The van der Waals surface area contributed by atoms with Gasteiger partial charge in [0.1, 0.15) is 5.75 Å². The van der Waals surface area contributed by atoms with Crippen molar-refractivity contribution >= 4 is 23.4 Å². The third-order valence-electron chi connectivity index (χ3n) is 4.53. The Morgan fingerprint density at radius 3 is 2.46 bits per heavy atom. The third kappa shape index (κ3) is 5.68. The number of phenols is 1. The van der Waals surface area contributed by atoms with Crippen LogP contribution in [-0.2, 0) is 4.79 Å². The van der Waals surface area contributed by atoms with E-state index in [1.807, 2.05) is 30.3 Å². The van der Waals surface area contributed by atoms with Crippen LogP contribution < -0.4 is 15.1 Å². The summed E-state index contributed by atoms with van der Waals surface area (Å²) in [4.78, 5) is 17.0. The van der Waals surface area contributed by atoms with Crippen LogP contribution in [0.2, 0.25) is 0 Å². The average Bonchev–Trinajstić information content (AvgIpc) is 2.67. The molecule has 138 valence electrons. The standard InChI is InChI=1S/C20H25N3O2S/c24-18-8-6-17(7-9-18)23-13-11-22(12-14-23)16-20(25)21-10-15-26-19-4-2-1-3-5-19/h1-9,24H,10-16H2,(H,21,25)/p+1. The van der Waals surface area contributed by atoms with Gasteiger partial charge in [-0.1, -0.05) is 18.2 Å². The molecule has 0 bridgehead atoms. The van der Waals surface area contributed by atoms with Gasteiger partial charge in [0.2, 0.25) is 0 Å². The van der Waals surface area contributed by atoms with Crippen LogP contribution in [0.15, 0.2) is 59.5 Å². The van der Waals surface area contributed by atoms with Gasteiger partial charge in [-0.2, -0.15) is 0 Å². The molecule has 2 aromatic carbocycles. The number of thioether (sulfide) groups is 1. The molecule has 0 radical (unpaired) electrons. The van der Waals surface area contributed by atoms with E-state index < -0.39 is 0 Å². The molecule has 1 amide bonds. The molecule has 6 heteroatoms. The largest absolute Gasteiger partial charge is 0.508 e. The van der Waals surface area contributed by atoms with E-state index in [2.05, 4.69) is 22.3 Å². The SMILES string of the molecule is O=C(C[NH+]1CCN(c2ccc(O)cc2)CC1)NCCSc1ccccc1. The highest BCUT2D eigenvalue weighted by Crippen LogP contribution is 2.18. The first-order chi connectivity index (χ1) is 12.7. The molecule has 5 nitrogen and oxygen atoms in total. The van der Waals surface area contributed by atoms with Crippen molar-refractivity contribution < 1.29 is 14.8 Å². The summed E-state index contributed by atoms with van der Waals surface area (Å²) in [5, 5.41) is 12.4. The highest BCUT2D eigenvalue weighted by atomic mass is 32.2. The molecule has 1 heterocycles. The molecular weight excluding hydrogens is 346 g/mol. The summed E-state index contributed by atoms with van der Waals surface area (Å²) in [7, 11) is 0. The zero-order valence-corrected chi connectivity index (χ0v) is 15.7. The van der Waals surface area contributed by atoms with E-state index in [1.54, 1.807) is 23.9 Å². The molecular formula is C20H26N3O2S+. The number of anilines is 1. The Morgan fingerprint density at radius 1 is 1.08 bits per heavy atom. The lowest BCUT2D eigenvalue weighted by atomic mass is 10.2. The summed E-state index contributed by atoms with van der Waals surface area (Å²) >= 11 is 1.76. The third-order valence-corrected chi connectivity index (χ3v) is 5.55. The maximum Gasteiger partial charge on any atom is 0.275 e. The van der Waals surface area contributed by atoms with E-state index in [9.17, 15) is 9.90 Å². The van der Waals surface area contributed by atoms with E-state index in [4.69, 9.17) is 0 Å². The summed E-state index contributed by atoms with van der Waals surface area (Å²) in [6.07, 6.45) is 0. The molecule has 0 atom stereocenters. The fourth-order valence-corrected chi connectivity index (χ4v) is 3.88. The van der Waals surface area contributed by atoms with Gasteiger partial charge in [0.25, 0.3) is 5.91 Å². The van der Waals surface area contributed by atoms with Crippen LogP contribution in [0, 0.1) is 0 Å². The normalized spacial score (nSPS) is 15.0. The number of piperazine rings is 1. The molecule has 26 heavy (non-hydrogen) atoms. The van der Waals surface area contributed by atoms with E-state index in [0.717, 1.165) is 37.6 Å². The highest BCUT2D eigenvalue weighted by Gasteiger charge is 2.22. The highest BCUT2D eigenvalue weighted by molar-refractivity contribution is 7.99. The van der Waals surface area contributed by atoms with Gasteiger partial charge >= 0.3 is 0 Å². The maximum atomic E-state index is 12.1. The van der Waals surface area contributed by atoms with Gasteiger partial charge in [-0.3, -0.25) is 4.79 Å². The summed E-state index contributed by atoms with van der Waals surface area (Å²) in [6, 6.07) is 17.6. The Bertz CT molecular complexity index is 686. The van der Waals surface area contributed by atoms with Crippen molar-refractivity contribution in [1.82, 2.24) is 5.32 Å². The van der Waals surface area contributed by atoms with Crippen molar-refractivity contribution in [2.45, 2.75) is 4.90 Å². The number of aromatic hydroxyl groups is 1. The van der Waals surface area contributed by atoms with Crippen molar-refractivity contribution in [3.8, 4) is 5.75 Å². The van der Waals surface area contributed by atoms with Gasteiger partial charge in [0, 0.05) is 22.9 Å². The Kier molecular flexibility index (Phi) is 6.80. The molecule has 3 N–H and O–H groups in total. The summed E-state index contributed by atoms with van der Waals surface area (Å²) in [6.45, 7) is 5.00. The monoisotopic (exact) mass is 372 g/mol. The number of rotatable bonds is 7. The number of benzene rings is 2. The molecule has 0 aliphatic carbocycles. The van der Waals surface area contributed by atoms with Crippen molar-refractivity contribution in [3.05, 3.63) is 54.6 Å². The number of carbonyl (C=O) groups is 1. The average molecular weight is 373 g/mol. The van der Waals surface area contributed by atoms with Gasteiger partial charge in [0.15, 0.2) is 6.54 Å². The van der Waals surface area contributed by atoms with Crippen LogP contribution in [0.1, 0.15) is 0 Å². The first-order valence-corrected chi connectivity index (χ1v) is 10.0. The molecule has 0 saturated carbocycles. The minimum atomic E-state index is 0.131. The topological polar surface area (TPSA) is 57.0 Å². The summed E-state index contributed by atoms with van der Waals surface area (Å²) < 4.78 is 0. The second-order valence-electron chi connectivity index (χ2n) is 6.44. The lowest BCUT2D eigenvalue weighted by Crippen LogP contribution is -3.16. The number of phenolic OH excluding ortho intramolecular Hbond substituents is 1. The predicted octanol–water partition coefficient (Wildman–Crippen LogP) is 1.01. The molecule has 0 spiro atoms. The van der Waals surface area contributed by atoms with Crippen LogP contribution in [0.3, 0.4) is 0 Å². The van der Waals surface area contributed by atoms with Crippen LogP contribution in [-0.4, -0.2) is 56.0 Å². The van der Waals surface area contributed by atoms with Crippen LogP contribution in [0.5, 0.6) is 5.75 Å². The summed E-state index contributed by atoms with van der Waals surface area (Å²) in [5.41, 5.74) is 1.13. The zero-order valence-electron chi connectivity index (χ0n) is 14.9. The number of nitrogens with zero attached hydrogens (tertiary/aromatic N) is 1. The zero-order chi connectivity index (χ0) is 18.2. The maximum absolute atomic E-state index is 12.1. The molecule has 2 aromatic rings. The minimum absolute atomic E-state index is 0.131. The van der Waals surface area contributed by atoms with Gasteiger partial charge in [-0.05, 0) is 36.4 Å². The van der Waals surface area contributed by atoms with Crippen LogP contribution >= 0.6 is 11.8 Å². The molecule has 1 aliphatic rings. The Labute approximate surface area is 159 Å². The molecule has 3 rings (SSSR count). The molecule has 1 aliphatic heterocycles. The van der Waals surface area contributed by atoms with Gasteiger partial charge in [0.05, 0.1) is 26.2 Å². The van der Waals surface area contributed by atoms with Gasteiger partial charge in [-0.25, -0.2) is 0 Å². The minimum Gasteiger partial charge on any atom is -0.508 e. The number of quaternary nitrogens is 1. The second kappa shape index (κ2) is 9.50. The Morgan fingerprint density at radius 2 is 1.77 bits per heavy atom.